The zero-order valence-electron chi connectivity index (χ0n) is 12.2. The van der Waals surface area contributed by atoms with E-state index in [1.165, 1.54) is 0 Å². The van der Waals surface area contributed by atoms with Gasteiger partial charge in [0.1, 0.15) is 10.0 Å². The van der Waals surface area contributed by atoms with Crippen molar-refractivity contribution in [2.75, 3.05) is 13.1 Å². The van der Waals surface area contributed by atoms with Gasteiger partial charge in [0.05, 0.1) is 0 Å². The molecule has 114 valence electrons. The predicted octanol–water partition coefficient (Wildman–Crippen LogP) is 4.91. The molecule has 6 heteroatoms. The Hall–Kier alpha value is -0.300. The second kappa shape index (κ2) is 8.36. The number of benzene rings is 1. The Bertz CT molecular complexity index is 584. The van der Waals surface area contributed by atoms with Crippen LogP contribution in [0.5, 0.6) is 0 Å². The summed E-state index contributed by atoms with van der Waals surface area (Å²) in [5.41, 5.74) is 1.09. The molecule has 0 bridgehead atoms. The van der Waals surface area contributed by atoms with Gasteiger partial charge in [-0.1, -0.05) is 57.0 Å². The van der Waals surface area contributed by atoms with Gasteiger partial charge >= 0.3 is 0 Å². The lowest BCUT2D eigenvalue weighted by Gasteiger charge is -2.05. The fraction of sp³-hybridized carbons (Fsp3) is 0.467. The van der Waals surface area contributed by atoms with Crippen LogP contribution in [0.3, 0.4) is 0 Å². The summed E-state index contributed by atoms with van der Waals surface area (Å²) in [5, 5.41) is 14.1. The van der Waals surface area contributed by atoms with Crippen molar-refractivity contribution in [1.82, 2.24) is 15.5 Å². The lowest BCUT2D eigenvalue weighted by atomic mass is 10.2. The largest absolute Gasteiger partial charge is 0.316 e. The predicted molar refractivity (Wildman–Crippen MR) is 96.8 cm³/mol. The number of halogens is 2. The van der Waals surface area contributed by atoms with Gasteiger partial charge in [-0.25, -0.2) is 0 Å². The third kappa shape index (κ3) is 5.43. The van der Waals surface area contributed by atoms with Crippen LogP contribution in [0.2, 0.25) is 0 Å². The average Bonchev–Trinajstić information content (AvgIpc) is 2.89. The van der Waals surface area contributed by atoms with Gasteiger partial charge in [-0.2, -0.15) is 0 Å². The average molecular weight is 433 g/mol. The van der Waals surface area contributed by atoms with E-state index >= 15 is 0 Å². The number of hydrogen-bond acceptors (Lipinski definition) is 4. The molecule has 1 heterocycles. The first kappa shape index (κ1) is 17.1. The van der Waals surface area contributed by atoms with Gasteiger partial charge in [0.15, 0.2) is 0 Å². The summed E-state index contributed by atoms with van der Waals surface area (Å²) in [7, 11) is 0. The Labute approximate surface area is 146 Å². The van der Waals surface area contributed by atoms with Crippen LogP contribution in [-0.4, -0.2) is 23.3 Å². The molecule has 0 radical (unpaired) electrons. The van der Waals surface area contributed by atoms with Gasteiger partial charge < -0.3 is 5.32 Å². The maximum Gasteiger partial charge on any atom is 0.148 e. The Morgan fingerprint density at radius 2 is 2.05 bits per heavy atom. The van der Waals surface area contributed by atoms with Gasteiger partial charge in [-0.15, -0.1) is 10.2 Å². The summed E-state index contributed by atoms with van der Waals surface area (Å²) in [6.45, 7) is 6.56. The molecule has 0 aliphatic heterocycles. The van der Waals surface area contributed by atoms with Crippen molar-refractivity contribution in [3.63, 3.8) is 0 Å². The number of aryl methyl sites for hydroxylation is 1. The molecular weight excluding hydrogens is 414 g/mol. The van der Waals surface area contributed by atoms with E-state index in [0.29, 0.717) is 5.92 Å². The molecule has 1 N–H and O–H groups in total. The summed E-state index contributed by atoms with van der Waals surface area (Å²) in [4.78, 5) is 0. The number of aromatic nitrogens is 2. The lowest BCUT2D eigenvalue weighted by molar-refractivity contribution is 0.542. The fourth-order valence-electron chi connectivity index (χ4n) is 1.88. The van der Waals surface area contributed by atoms with E-state index in [0.717, 1.165) is 50.5 Å². The van der Waals surface area contributed by atoms with Crippen molar-refractivity contribution in [2.24, 2.45) is 5.92 Å². The van der Waals surface area contributed by atoms with Crippen molar-refractivity contribution in [3.05, 3.63) is 32.2 Å². The fourth-order valence-corrected chi connectivity index (χ4v) is 3.72. The quantitative estimate of drug-likeness (QED) is 0.631. The van der Waals surface area contributed by atoms with Crippen LogP contribution in [0, 0.1) is 5.92 Å². The summed E-state index contributed by atoms with van der Waals surface area (Å²) in [6, 6.07) is 6.10. The van der Waals surface area contributed by atoms with Gasteiger partial charge in [-0.3, -0.25) is 0 Å². The molecule has 0 atom stereocenters. The first-order valence-corrected chi connectivity index (χ1v) is 9.45. The van der Waals surface area contributed by atoms with E-state index in [4.69, 9.17) is 0 Å². The van der Waals surface area contributed by atoms with E-state index in [-0.39, 0.29) is 0 Å². The van der Waals surface area contributed by atoms with Crippen LogP contribution in [-0.2, 0) is 6.42 Å². The molecule has 0 fully saturated rings. The molecule has 21 heavy (non-hydrogen) atoms. The van der Waals surface area contributed by atoms with E-state index in [1.54, 1.807) is 11.3 Å². The zero-order chi connectivity index (χ0) is 15.2. The number of rotatable bonds is 7. The van der Waals surface area contributed by atoms with Crippen molar-refractivity contribution in [2.45, 2.75) is 26.7 Å². The number of nitrogens with zero attached hydrogens (tertiary/aromatic N) is 2. The van der Waals surface area contributed by atoms with Crippen LogP contribution in [0.1, 0.15) is 25.3 Å². The standard InChI is InChI=1S/C15H19Br2N3S/c1-10(2)9-18-7-3-4-14-19-20-15(21-14)12-8-11(16)5-6-13(12)17/h5-6,8,10,18H,3-4,7,9H2,1-2H3. The highest BCUT2D eigenvalue weighted by atomic mass is 79.9. The molecule has 0 amide bonds. The van der Waals surface area contributed by atoms with Crippen LogP contribution in [0.25, 0.3) is 10.6 Å². The van der Waals surface area contributed by atoms with Crippen LogP contribution in [0.4, 0.5) is 0 Å². The third-order valence-electron chi connectivity index (χ3n) is 2.92. The van der Waals surface area contributed by atoms with E-state index in [1.807, 2.05) is 12.1 Å². The Balaban J connectivity index is 1.91. The number of hydrogen-bond donors (Lipinski definition) is 1. The monoisotopic (exact) mass is 431 g/mol. The zero-order valence-corrected chi connectivity index (χ0v) is 16.2. The smallest absolute Gasteiger partial charge is 0.148 e. The summed E-state index contributed by atoms with van der Waals surface area (Å²) >= 11 is 8.74. The molecular formula is C15H19Br2N3S. The molecule has 2 aromatic rings. The molecule has 0 saturated carbocycles. The van der Waals surface area contributed by atoms with Crippen molar-refractivity contribution < 1.29 is 0 Å². The SMILES string of the molecule is CC(C)CNCCCc1nnc(-c2cc(Br)ccc2Br)s1. The van der Waals surface area contributed by atoms with Gasteiger partial charge in [0.25, 0.3) is 0 Å². The summed E-state index contributed by atoms with van der Waals surface area (Å²) in [5.74, 6) is 0.701. The first-order chi connectivity index (χ1) is 10.1. The molecule has 0 spiro atoms. The minimum absolute atomic E-state index is 0.701. The minimum Gasteiger partial charge on any atom is -0.316 e. The topological polar surface area (TPSA) is 37.8 Å². The van der Waals surface area contributed by atoms with Crippen molar-refractivity contribution >= 4 is 43.2 Å². The van der Waals surface area contributed by atoms with Gasteiger partial charge in [0.2, 0.25) is 0 Å². The second-order valence-corrected chi connectivity index (χ2v) is 8.16. The first-order valence-electron chi connectivity index (χ1n) is 7.05. The highest BCUT2D eigenvalue weighted by Gasteiger charge is 2.10. The highest BCUT2D eigenvalue weighted by Crippen LogP contribution is 2.32. The van der Waals surface area contributed by atoms with Crippen molar-refractivity contribution in [1.29, 1.82) is 0 Å². The molecule has 3 nitrogen and oxygen atoms in total. The van der Waals surface area contributed by atoms with Crippen LogP contribution < -0.4 is 5.32 Å². The van der Waals surface area contributed by atoms with Crippen LogP contribution in [0.15, 0.2) is 27.1 Å². The Kier molecular flexibility index (Phi) is 6.79. The van der Waals surface area contributed by atoms with Gasteiger partial charge in [0, 0.05) is 20.9 Å². The van der Waals surface area contributed by atoms with Crippen LogP contribution >= 0.6 is 43.2 Å². The lowest BCUT2D eigenvalue weighted by Crippen LogP contribution is -2.21. The Morgan fingerprint density at radius 3 is 2.81 bits per heavy atom. The maximum absolute atomic E-state index is 4.31. The van der Waals surface area contributed by atoms with E-state index < -0.39 is 0 Å². The van der Waals surface area contributed by atoms with Crippen molar-refractivity contribution in [3.8, 4) is 10.6 Å². The molecule has 0 saturated heterocycles. The molecule has 1 aromatic heterocycles. The minimum atomic E-state index is 0.701. The van der Waals surface area contributed by atoms with E-state index in [9.17, 15) is 0 Å². The summed E-state index contributed by atoms with van der Waals surface area (Å²) in [6.07, 6.45) is 2.08. The second-order valence-electron chi connectivity index (χ2n) is 5.33. The third-order valence-corrected chi connectivity index (χ3v) is 5.12. The van der Waals surface area contributed by atoms with E-state index in [2.05, 4.69) is 67.3 Å². The number of nitrogens with one attached hydrogen (secondary N) is 1. The Morgan fingerprint density at radius 1 is 1.24 bits per heavy atom. The normalized spacial score (nSPS) is 11.3. The highest BCUT2D eigenvalue weighted by molar-refractivity contribution is 9.11. The molecule has 0 unspecified atom stereocenters. The summed E-state index contributed by atoms with van der Waals surface area (Å²) < 4.78 is 2.10. The molecule has 1 aromatic carbocycles. The van der Waals surface area contributed by atoms with Gasteiger partial charge in [-0.05, 0) is 43.6 Å². The maximum atomic E-state index is 4.31. The molecule has 0 aliphatic carbocycles. The molecule has 0 aliphatic rings. The molecule has 2 rings (SSSR count).